The third-order valence-corrected chi connectivity index (χ3v) is 1.68. The Morgan fingerprint density at radius 2 is 2.56 bits per heavy atom. The Labute approximate surface area is 58.6 Å². The fraction of sp³-hybridized carbons (Fsp3) is 0.400. The SMILES string of the molecule is Sn1cc2c(n1)CNC2. The van der Waals surface area contributed by atoms with Gasteiger partial charge >= 0.3 is 0 Å². The second-order valence-electron chi connectivity index (χ2n) is 2.12. The van der Waals surface area contributed by atoms with Gasteiger partial charge in [-0.15, -0.1) is 0 Å². The monoisotopic (exact) mass is 141 g/mol. The highest BCUT2D eigenvalue weighted by atomic mass is 32.1. The van der Waals surface area contributed by atoms with E-state index >= 15 is 0 Å². The van der Waals surface area contributed by atoms with E-state index < -0.39 is 0 Å². The molecule has 0 aliphatic carbocycles. The molecule has 0 amide bonds. The third kappa shape index (κ3) is 0.746. The van der Waals surface area contributed by atoms with Crippen molar-refractivity contribution in [1.29, 1.82) is 0 Å². The highest BCUT2D eigenvalue weighted by molar-refractivity contribution is 7.78. The molecule has 1 N–H and O–H groups in total. The van der Waals surface area contributed by atoms with Crippen molar-refractivity contribution in [3.05, 3.63) is 17.5 Å². The molecule has 1 aromatic rings. The van der Waals surface area contributed by atoms with E-state index in [9.17, 15) is 0 Å². The van der Waals surface area contributed by atoms with Gasteiger partial charge in [-0.05, 0) is 12.8 Å². The van der Waals surface area contributed by atoms with Crippen LogP contribution in [0.15, 0.2) is 6.20 Å². The summed E-state index contributed by atoms with van der Waals surface area (Å²) in [5, 5.41) is 7.29. The molecular weight excluding hydrogens is 134 g/mol. The molecule has 1 aliphatic heterocycles. The summed E-state index contributed by atoms with van der Waals surface area (Å²) in [5.74, 6) is 0. The molecule has 3 nitrogen and oxygen atoms in total. The average Bonchev–Trinajstić information content (AvgIpc) is 2.22. The first-order valence-electron chi connectivity index (χ1n) is 2.83. The molecule has 1 aromatic heterocycles. The summed E-state index contributed by atoms with van der Waals surface area (Å²) in [5.41, 5.74) is 2.40. The lowest BCUT2D eigenvalue weighted by molar-refractivity contribution is 0.737. The van der Waals surface area contributed by atoms with Crippen molar-refractivity contribution in [2.24, 2.45) is 0 Å². The van der Waals surface area contributed by atoms with Crippen molar-refractivity contribution in [2.45, 2.75) is 13.1 Å². The van der Waals surface area contributed by atoms with Crippen molar-refractivity contribution < 1.29 is 0 Å². The van der Waals surface area contributed by atoms with Gasteiger partial charge in [-0.25, -0.2) is 4.09 Å². The molecule has 0 spiro atoms. The zero-order chi connectivity index (χ0) is 6.27. The molecule has 0 radical (unpaired) electrons. The number of nitrogens with zero attached hydrogens (tertiary/aromatic N) is 2. The summed E-state index contributed by atoms with van der Waals surface area (Å²) in [7, 11) is 0. The van der Waals surface area contributed by atoms with E-state index in [-0.39, 0.29) is 0 Å². The predicted octanol–water partition coefficient (Wildman–Crippen LogP) is 0.179. The molecule has 48 valence electrons. The van der Waals surface area contributed by atoms with Crippen molar-refractivity contribution >= 4 is 12.8 Å². The van der Waals surface area contributed by atoms with Gasteiger partial charge < -0.3 is 5.32 Å². The molecular formula is C5H7N3S. The van der Waals surface area contributed by atoms with Crippen LogP contribution in [-0.4, -0.2) is 9.19 Å². The minimum absolute atomic E-state index is 0.892. The van der Waals surface area contributed by atoms with Crippen molar-refractivity contribution in [2.75, 3.05) is 0 Å². The summed E-state index contributed by atoms with van der Waals surface area (Å²) in [6.07, 6.45) is 1.93. The van der Waals surface area contributed by atoms with E-state index in [4.69, 9.17) is 0 Å². The van der Waals surface area contributed by atoms with E-state index in [0.717, 1.165) is 18.8 Å². The zero-order valence-electron chi connectivity index (χ0n) is 4.83. The molecule has 0 aromatic carbocycles. The summed E-state index contributed by atoms with van der Waals surface area (Å²) < 4.78 is 1.56. The minimum atomic E-state index is 0.892. The maximum Gasteiger partial charge on any atom is 0.0818 e. The zero-order valence-corrected chi connectivity index (χ0v) is 5.73. The van der Waals surface area contributed by atoms with E-state index in [1.54, 1.807) is 4.09 Å². The maximum atomic E-state index is 4.11. The van der Waals surface area contributed by atoms with Crippen LogP contribution in [0, 0.1) is 0 Å². The van der Waals surface area contributed by atoms with E-state index in [1.807, 2.05) is 6.20 Å². The van der Waals surface area contributed by atoms with Crippen LogP contribution in [-0.2, 0) is 13.1 Å². The van der Waals surface area contributed by atoms with Gasteiger partial charge in [-0.3, -0.25) is 0 Å². The van der Waals surface area contributed by atoms with E-state index in [2.05, 4.69) is 23.2 Å². The van der Waals surface area contributed by atoms with Crippen molar-refractivity contribution in [1.82, 2.24) is 14.5 Å². The normalized spacial score (nSPS) is 16.1. The van der Waals surface area contributed by atoms with E-state index in [1.165, 1.54) is 5.56 Å². The lowest BCUT2D eigenvalue weighted by Gasteiger charge is -1.87. The maximum absolute atomic E-state index is 4.11. The topological polar surface area (TPSA) is 29.9 Å². The van der Waals surface area contributed by atoms with Gasteiger partial charge in [0.05, 0.1) is 5.69 Å². The Morgan fingerprint density at radius 1 is 1.67 bits per heavy atom. The minimum Gasteiger partial charge on any atom is -0.307 e. The summed E-state index contributed by atoms with van der Waals surface area (Å²) in [6, 6.07) is 0. The standard InChI is InChI=1S/C5H7N3S/c9-8-3-4-1-6-2-5(4)7-8/h3,6,9H,1-2H2. The molecule has 4 heteroatoms. The summed E-state index contributed by atoms with van der Waals surface area (Å²) in [4.78, 5) is 0. The molecule has 0 unspecified atom stereocenters. The van der Waals surface area contributed by atoms with Gasteiger partial charge in [0, 0.05) is 24.8 Å². The number of aromatic nitrogens is 2. The first-order chi connectivity index (χ1) is 4.36. The largest absolute Gasteiger partial charge is 0.307 e. The van der Waals surface area contributed by atoms with Gasteiger partial charge in [-0.2, -0.15) is 5.10 Å². The second-order valence-corrected chi connectivity index (χ2v) is 2.53. The highest BCUT2D eigenvalue weighted by Gasteiger charge is 2.12. The third-order valence-electron chi connectivity index (χ3n) is 1.47. The predicted molar refractivity (Wildman–Crippen MR) is 37.2 cm³/mol. The molecule has 0 fully saturated rings. The highest BCUT2D eigenvalue weighted by Crippen LogP contribution is 2.12. The Morgan fingerprint density at radius 3 is 3.33 bits per heavy atom. The Bertz CT molecular complexity index is 209. The fourth-order valence-corrected chi connectivity index (χ4v) is 1.29. The number of hydrogen-bond donors (Lipinski definition) is 2. The van der Waals surface area contributed by atoms with Crippen LogP contribution in [0.2, 0.25) is 0 Å². The van der Waals surface area contributed by atoms with Gasteiger partial charge in [0.2, 0.25) is 0 Å². The number of rotatable bonds is 0. The van der Waals surface area contributed by atoms with Crippen molar-refractivity contribution in [3.8, 4) is 0 Å². The van der Waals surface area contributed by atoms with Crippen molar-refractivity contribution in [3.63, 3.8) is 0 Å². The molecule has 1 aliphatic rings. The van der Waals surface area contributed by atoms with Crippen LogP contribution >= 0.6 is 12.8 Å². The lowest BCUT2D eigenvalue weighted by atomic mass is 10.3. The van der Waals surface area contributed by atoms with Crippen LogP contribution in [0.4, 0.5) is 0 Å². The lowest BCUT2D eigenvalue weighted by Crippen LogP contribution is -2.02. The average molecular weight is 141 g/mol. The van der Waals surface area contributed by atoms with Crippen LogP contribution in [0.25, 0.3) is 0 Å². The quantitative estimate of drug-likeness (QED) is 0.505. The van der Waals surface area contributed by atoms with Gasteiger partial charge in [-0.1, -0.05) is 0 Å². The molecule has 2 heterocycles. The second kappa shape index (κ2) is 1.75. The van der Waals surface area contributed by atoms with Gasteiger partial charge in [0.1, 0.15) is 0 Å². The van der Waals surface area contributed by atoms with E-state index in [0.29, 0.717) is 0 Å². The number of nitrogens with one attached hydrogen (secondary N) is 1. The number of hydrogen-bond acceptors (Lipinski definition) is 3. The first-order valence-corrected chi connectivity index (χ1v) is 3.23. The summed E-state index contributed by atoms with van der Waals surface area (Å²) in [6.45, 7) is 1.83. The van der Waals surface area contributed by atoms with Crippen LogP contribution < -0.4 is 5.32 Å². The van der Waals surface area contributed by atoms with Gasteiger partial charge in [0.15, 0.2) is 0 Å². The first kappa shape index (κ1) is 5.32. The Balaban J connectivity index is 2.51. The van der Waals surface area contributed by atoms with Gasteiger partial charge in [0.25, 0.3) is 0 Å². The fourth-order valence-electron chi connectivity index (χ4n) is 1.04. The molecule has 2 rings (SSSR count). The smallest absolute Gasteiger partial charge is 0.0818 e. The molecule has 9 heavy (non-hydrogen) atoms. The molecule has 0 atom stereocenters. The Kier molecular flexibility index (Phi) is 1.03. The van der Waals surface area contributed by atoms with Crippen LogP contribution in [0.5, 0.6) is 0 Å². The number of thiol groups is 1. The summed E-state index contributed by atoms with van der Waals surface area (Å²) >= 11 is 4.04. The molecule has 0 saturated carbocycles. The molecule has 0 saturated heterocycles. The molecule has 0 bridgehead atoms. The Hall–Kier alpha value is -0.480. The van der Waals surface area contributed by atoms with Crippen LogP contribution in [0.1, 0.15) is 11.3 Å². The van der Waals surface area contributed by atoms with Crippen LogP contribution in [0.3, 0.4) is 0 Å². The number of fused-ring (bicyclic) bond motifs is 1.